The summed E-state index contributed by atoms with van der Waals surface area (Å²) in [6.07, 6.45) is 0.646. The molecule has 0 saturated carbocycles. The molecule has 28 heavy (non-hydrogen) atoms. The van der Waals surface area contributed by atoms with Crippen molar-refractivity contribution in [3.63, 3.8) is 0 Å². The van der Waals surface area contributed by atoms with E-state index in [1.54, 1.807) is 37.3 Å². The van der Waals surface area contributed by atoms with Crippen molar-refractivity contribution < 1.29 is 22.7 Å². The first-order valence-electron chi connectivity index (χ1n) is 8.77. The lowest BCUT2D eigenvalue weighted by atomic mass is 9.99. The van der Waals surface area contributed by atoms with Crippen LogP contribution >= 0.6 is 15.9 Å². The van der Waals surface area contributed by atoms with Gasteiger partial charge in [0.1, 0.15) is 5.75 Å². The van der Waals surface area contributed by atoms with E-state index in [-0.39, 0.29) is 11.7 Å². The van der Waals surface area contributed by atoms with Gasteiger partial charge in [0.15, 0.2) is 21.3 Å². The van der Waals surface area contributed by atoms with Crippen molar-refractivity contribution in [2.75, 3.05) is 26.5 Å². The Morgan fingerprint density at radius 1 is 1.11 bits per heavy atom. The third-order valence-corrected chi connectivity index (χ3v) is 6.64. The molecular formula is C20H22BrNO5S. The second-order valence-electron chi connectivity index (χ2n) is 6.70. The number of carbonyl (C=O) groups is 1. The zero-order valence-corrected chi connectivity index (χ0v) is 18.2. The van der Waals surface area contributed by atoms with Gasteiger partial charge in [0.2, 0.25) is 5.91 Å². The Morgan fingerprint density at radius 2 is 1.79 bits per heavy atom. The summed E-state index contributed by atoms with van der Waals surface area (Å²) in [6.45, 7) is 0.842. The second-order valence-corrected chi connectivity index (χ2v) is 9.68. The van der Waals surface area contributed by atoms with Gasteiger partial charge in [0.25, 0.3) is 0 Å². The Balaban J connectivity index is 1.70. The molecule has 0 unspecified atom stereocenters. The maximum atomic E-state index is 12.6. The molecule has 150 valence electrons. The first-order valence-corrected chi connectivity index (χ1v) is 11.4. The number of fused-ring (bicyclic) bond motifs is 1. The van der Waals surface area contributed by atoms with Crippen LogP contribution < -0.4 is 9.47 Å². The molecular weight excluding hydrogens is 446 g/mol. The maximum Gasteiger partial charge on any atom is 0.238 e. The average molecular weight is 468 g/mol. The van der Waals surface area contributed by atoms with Gasteiger partial charge in [-0.05, 0) is 47.4 Å². The zero-order chi connectivity index (χ0) is 20.3. The molecule has 8 heteroatoms. The largest absolute Gasteiger partial charge is 0.493 e. The van der Waals surface area contributed by atoms with Crippen LogP contribution in [0.3, 0.4) is 0 Å². The molecule has 0 aromatic heterocycles. The summed E-state index contributed by atoms with van der Waals surface area (Å²) in [4.78, 5) is 14.2. The molecule has 3 rings (SSSR count). The first-order chi connectivity index (χ1) is 13.3. The monoisotopic (exact) mass is 467 g/mol. The van der Waals surface area contributed by atoms with Crippen molar-refractivity contribution in [3.05, 3.63) is 57.6 Å². The third kappa shape index (κ3) is 4.86. The molecule has 0 bridgehead atoms. The summed E-state index contributed by atoms with van der Waals surface area (Å²) in [5, 5.41) is 0. The summed E-state index contributed by atoms with van der Waals surface area (Å²) in [5.41, 5.74) is 2.68. The van der Waals surface area contributed by atoms with Crippen LogP contribution in [0.2, 0.25) is 0 Å². The highest BCUT2D eigenvalue weighted by atomic mass is 79.9. The van der Waals surface area contributed by atoms with Gasteiger partial charge < -0.3 is 14.4 Å². The third-order valence-electron chi connectivity index (χ3n) is 4.69. The summed E-state index contributed by atoms with van der Waals surface area (Å²) < 4.78 is 36.4. The van der Waals surface area contributed by atoms with E-state index in [4.69, 9.17) is 9.47 Å². The molecule has 2 aromatic rings. The summed E-state index contributed by atoms with van der Waals surface area (Å²) in [5.74, 6) is 0.210. The number of methoxy groups -OCH3 is 2. The predicted octanol–water partition coefficient (Wildman–Crippen LogP) is 2.97. The molecule has 0 N–H and O–H groups in total. The van der Waals surface area contributed by atoms with E-state index in [1.807, 2.05) is 18.2 Å². The number of amides is 1. The molecule has 1 aliphatic rings. The van der Waals surface area contributed by atoms with Gasteiger partial charge in [0, 0.05) is 17.6 Å². The number of carbonyl (C=O) groups excluding carboxylic acids is 1. The standard InChI is InChI=1S/C20H22BrNO5S/c1-26-18-9-15-6-7-22(11-16(15)10-19(18)27-2)20(23)13-28(24,25)12-14-4-3-5-17(21)8-14/h3-5,8-10H,6-7,11-13H2,1-2H3. The van der Waals surface area contributed by atoms with Crippen molar-refractivity contribution in [2.45, 2.75) is 18.7 Å². The summed E-state index contributed by atoms with van der Waals surface area (Å²) in [6, 6.07) is 10.9. The quantitative estimate of drug-likeness (QED) is 0.652. The fourth-order valence-corrected chi connectivity index (χ4v) is 5.10. The SMILES string of the molecule is COc1cc2c(cc1OC)CN(C(=O)CS(=O)(=O)Cc1cccc(Br)c1)CC2. The Kier molecular flexibility index (Phi) is 6.30. The topological polar surface area (TPSA) is 72.9 Å². The highest BCUT2D eigenvalue weighted by molar-refractivity contribution is 9.10. The number of nitrogens with zero attached hydrogens (tertiary/aromatic N) is 1. The Bertz CT molecular complexity index is 990. The van der Waals surface area contributed by atoms with Crippen molar-refractivity contribution >= 4 is 31.7 Å². The highest BCUT2D eigenvalue weighted by Gasteiger charge is 2.26. The highest BCUT2D eigenvalue weighted by Crippen LogP contribution is 2.33. The maximum absolute atomic E-state index is 12.6. The fourth-order valence-electron chi connectivity index (χ4n) is 3.31. The van der Waals surface area contributed by atoms with Crippen LogP contribution in [0.5, 0.6) is 11.5 Å². The predicted molar refractivity (Wildman–Crippen MR) is 110 cm³/mol. The van der Waals surface area contributed by atoms with E-state index in [2.05, 4.69) is 15.9 Å². The van der Waals surface area contributed by atoms with Gasteiger partial charge in [-0.15, -0.1) is 0 Å². The van der Waals surface area contributed by atoms with Crippen LogP contribution in [-0.2, 0) is 33.4 Å². The minimum Gasteiger partial charge on any atom is -0.493 e. The normalized spacial score (nSPS) is 13.8. The van der Waals surface area contributed by atoms with Crippen LogP contribution in [0.25, 0.3) is 0 Å². The molecule has 0 aliphatic carbocycles. The number of benzene rings is 2. The van der Waals surface area contributed by atoms with E-state index in [0.29, 0.717) is 36.6 Å². The van der Waals surface area contributed by atoms with E-state index in [9.17, 15) is 13.2 Å². The molecule has 0 saturated heterocycles. The number of rotatable bonds is 6. The van der Waals surface area contributed by atoms with Crippen molar-refractivity contribution in [1.29, 1.82) is 0 Å². The van der Waals surface area contributed by atoms with Crippen molar-refractivity contribution in [2.24, 2.45) is 0 Å². The molecule has 0 radical (unpaired) electrons. The molecule has 1 amide bonds. The molecule has 2 aromatic carbocycles. The molecule has 0 spiro atoms. The van der Waals surface area contributed by atoms with Crippen molar-refractivity contribution in [3.8, 4) is 11.5 Å². The lowest BCUT2D eigenvalue weighted by molar-refractivity contribution is -0.129. The smallest absolute Gasteiger partial charge is 0.238 e. The minimum absolute atomic E-state index is 0.159. The molecule has 1 heterocycles. The van der Waals surface area contributed by atoms with E-state index >= 15 is 0 Å². The number of hydrogen-bond donors (Lipinski definition) is 0. The summed E-state index contributed by atoms with van der Waals surface area (Å²) in [7, 11) is -0.415. The van der Waals surface area contributed by atoms with Gasteiger partial charge >= 0.3 is 0 Å². The molecule has 0 fully saturated rings. The van der Waals surface area contributed by atoms with Gasteiger partial charge in [-0.1, -0.05) is 28.1 Å². The van der Waals surface area contributed by atoms with Crippen LogP contribution in [0.4, 0.5) is 0 Å². The van der Waals surface area contributed by atoms with Crippen LogP contribution in [0, 0.1) is 0 Å². The number of halogens is 1. The Labute approximate surface area is 173 Å². The van der Waals surface area contributed by atoms with Gasteiger partial charge in [-0.2, -0.15) is 0 Å². The van der Waals surface area contributed by atoms with Crippen LogP contribution in [0.15, 0.2) is 40.9 Å². The van der Waals surface area contributed by atoms with Gasteiger partial charge in [0.05, 0.1) is 20.0 Å². The van der Waals surface area contributed by atoms with E-state index < -0.39 is 15.6 Å². The second kappa shape index (κ2) is 8.53. The van der Waals surface area contributed by atoms with Gasteiger partial charge in [-0.3, -0.25) is 4.79 Å². The lowest BCUT2D eigenvalue weighted by Crippen LogP contribution is -2.39. The van der Waals surface area contributed by atoms with E-state index in [0.717, 1.165) is 15.6 Å². The zero-order valence-electron chi connectivity index (χ0n) is 15.8. The molecule has 0 atom stereocenters. The minimum atomic E-state index is -3.56. The fraction of sp³-hybridized carbons (Fsp3) is 0.350. The van der Waals surface area contributed by atoms with Crippen LogP contribution in [-0.4, -0.2) is 45.7 Å². The lowest BCUT2D eigenvalue weighted by Gasteiger charge is -2.29. The van der Waals surface area contributed by atoms with Gasteiger partial charge in [-0.25, -0.2) is 8.42 Å². The molecule has 1 aliphatic heterocycles. The van der Waals surface area contributed by atoms with Crippen molar-refractivity contribution in [1.82, 2.24) is 4.90 Å². The number of hydrogen-bond acceptors (Lipinski definition) is 5. The summed E-state index contributed by atoms with van der Waals surface area (Å²) >= 11 is 3.33. The number of sulfone groups is 1. The average Bonchev–Trinajstić information content (AvgIpc) is 2.65. The van der Waals surface area contributed by atoms with E-state index in [1.165, 1.54) is 0 Å². The molecule has 6 nitrogen and oxygen atoms in total. The Morgan fingerprint density at radius 3 is 2.43 bits per heavy atom. The number of ether oxygens (including phenoxy) is 2. The van der Waals surface area contributed by atoms with Crippen LogP contribution in [0.1, 0.15) is 16.7 Å². The first kappa shape index (κ1) is 20.7. The Hall–Kier alpha value is -2.06.